The molecule has 3 rings (SSSR count). The number of benzene rings is 2. The molecule has 2 N–H and O–H groups in total. The Bertz CT molecular complexity index is 1060. The third kappa shape index (κ3) is 5.14. The molecule has 5 nitrogen and oxygen atoms in total. The molecule has 0 heterocycles. The zero-order valence-electron chi connectivity index (χ0n) is 16.6. The fraction of sp³-hybridized carbons (Fsp3) is 0.381. The highest BCUT2D eigenvalue weighted by atomic mass is 35.5. The molecule has 9 heteroatoms. The fourth-order valence-electron chi connectivity index (χ4n) is 3.64. The number of carbonyl (C=O) groups is 1. The van der Waals surface area contributed by atoms with Crippen LogP contribution in [0.1, 0.15) is 43.5 Å². The summed E-state index contributed by atoms with van der Waals surface area (Å²) < 4.78 is 42.8. The largest absolute Gasteiger partial charge is 0.322 e. The molecule has 3 atom stereocenters. The molecule has 1 fully saturated rings. The number of hydrogen-bond acceptors (Lipinski definition) is 3. The predicted octanol–water partition coefficient (Wildman–Crippen LogP) is 5.49. The maximum absolute atomic E-state index is 14.4. The van der Waals surface area contributed by atoms with Crippen molar-refractivity contribution in [3.05, 3.63) is 57.8 Å². The molecule has 0 unspecified atom stereocenters. The topological polar surface area (TPSA) is 75.3 Å². The average Bonchev–Trinajstić information content (AvgIpc) is 2.68. The van der Waals surface area contributed by atoms with Crippen molar-refractivity contribution in [2.24, 2.45) is 11.8 Å². The zero-order chi connectivity index (χ0) is 22.1. The van der Waals surface area contributed by atoms with E-state index >= 15 is 0 Å². The van der Waals surface area contributed by atoms with Gasteiger partial charge in [0.15, 0.2) is 0 Å². The lowest BCUT2D eigenvalue weighted by atomic mass is 9.78. The minimum absolute atomic E-state index is 0.00732. The van der Waals surface area contributed by atoms with E-state index < -0.39 is 26.6 Å². The van der Waals surface area contributed by atoms with E-state index in [0.29, 0.717) is 23.0 Å². The van der Waals surface area contributed by atoms with Crippen LogP contribution in [0.2, 0.25) is 10.0 Å². The minimum atomic E-state index is -4.13. The molecule has 1 aliphatic carbocycles. The number of carbonyl (C=O) groups excluding carboxylic acids is 1. The highest BCUT2D eigenvalue weighted by Crippen LogP contribution is 2.31. The van der Waals surface area contributed by atoms with Gasteiger partial charge in [-0.15, -0.1) is 0 Å². The van der Waals surface area contributed by atoms with Gasteiger partial charge in [0.1, 0.15) is 10.7 Å². The van der Waals surface area contributed by atoms with E-state index in [2.05, 4.69) is 17.0 Å². The summed E-state index contributed by atoms with van der Waals surface area (Å²) in [5.41, 5.74) is 0.388. The van der Waals surface area contributed by atoms with E-state index in [1.807, 2.05) is 6.92 Å². The van der Waals surface area contributed by atoms with Gasteiger partial charge in [-0.1, -0.05) is 49.9 Å². The maximum atomic E-state index is 14.4. The van der Waals surface area contributed by atoms with Gasteiger partial charge < -0.3 is 5.32 Å². The Hall–Kier alpha value is -1.67. The third-order valence-electron chi connectivity index (χ3n) is 5.67. The predicted molar refractivity (Wildman–Crippen MR) is 117 cm³/mol. The van der Waals surface area contributed by atoms with E-state index in [9.17, 15) is 17.6 Å². The quantitative estimate of drug-likeness (QED) is 0.603. The summed E-state index contributed by atoms with van der Waals surface area (Å²) in [6.45, 7) is 4.08. The summed E-state index contributed by atoms with van der Waals surface area (Å²) in [5.74, 6) is -0.994. The van der Waals surface area contributed by atoms with Crippen molar-refractivity contribution >= 4 is 44.8 Å². The van der Waals surface area contributed by atoms with Crippen molar-refractivity contribution in [3.63, 3.8) is 0 Å². The van der Waals surface area contributed by atoms with Crippen LogP contribution in [0.3, 0.4) is 0 Å². The van der Waals surface area contributed by atoms with Crippen LogP contribution in [0.15, 0.2) is 41.3 Å². The molecule has 0 aliphatic heterocycles. The van der Waals surface area contributed by atoms with E-state index in [1.54, 1.807) is 6.07 Å². The number of rotatable bonds is 5. The first-order valence-corrected chi connectivity index (χ1v) is 11.9. The van der Waals surface area contributed by atoms with E-state index in [0.717, 1.165) is 25.0 Å². The lowest BCUT2D eigenvalue weighted by Gasteiger charge is -2.34. The third-order valence-corrected chi connectivity index (χ3v) is 7.92. The van der Waals surface area contributed by atoms with Gasteiger partial charge in [-0.2, -0.15) is 0 Å². The van der Waals surface area contributed by atoms with Crippen molar-refractivity contribution in [1.29, 1.82) is 0 Å². The van der Waals surface area contributed by atoms with Gasteiger partial charge in [-0.3, -0.25) is 4.79 Å². The zero-order valence-corrected chi connectivity index (χ0v) is 18.9. The molecule has 0 aromatic heterocycles. The van der Waals surface area contributed by atoms with Crippen molar-refractivity contribution in [1.82, 2.24) is 4.72 Å². The number of halogens is 3. The average molecular weight is 473 g/mol. The van der Waals surface area contributed by atoms with Crippen molar-refractivity contribution in [3.8, 4) is 0 Å². The Morgan fingerprint density at radius 2 is 1.80 bits per heavy atom. The summed E-state index contributed by atoms with van der Waals surface area (Å²) in [5, 5.41) is 3.20. The Balaban J connectivity index is 1.83. The molecule has 1 aliphatic rings. The standard InChI is InChI=1S/C21H23Cl2FN2O3S/c1-12-4-3-5-19(13(12)2)26-30(28,29)20-10-14(6-9-18(20)24)21(27)25-15-7-8-16(22)17(23)11-15/h6-13,19,26H,3-5H2,1-2H3,(H,25,27)/t12-,13-,19-/m1/s1. The first-order valence-electron chi connectivity index (χ1n) is 9.67. The minimum Gasteiger partial charge on any atom is -0.322 e. The second-order valence-electron chi connectivity index (χ2n) is 7.72. The summed E-state index contributed by atoms with van der Waals surface area (Å²) in [6.07, 6.45) is 2.65. The highest BCUT2D eigenvalue weighted by Gasteiger charge is 2.32. The Labute approximate surface area is 186 Å². The monoisotopic (exact) mass is 472 g/mol. The first kappa shape index (κ1) is 23.0. The molecule has 0 bridgehead atoms. The van der Waals surface area contributed by atoms with Crippen molar-refractivity contribution < 1.29 is 17.6 Å². The molecule has 0 radical (unpaired) electrons. The van der Waals surface area contributed by atoms with Crippen LogP contribution in [0.5, 0.6) is 0 Å². The second-order valence-corrected chi connectivity index (χ2v) is 10.2. The van der Waals surface area contributed by atoms with Gasteiger partial charge in [0.2, 0.25) is 10.0 Å². The molecular formula is C21H23Cl2FN2O3S. The maximum Gasteiger partial charge on any atom is 0.255 e. The summed E-state index contributed by atoms with van der Waals surface area (Å²) in [6, 6.07) is 7.53. The van der Waals surface area contributed by atoms with Gasteiger partial charge in [0.05, 0.1) is 10.0 Å². The Morgan fingerprint density at radius 3 is 2.50 bits per heavy atom. The normalized spacial score (nSPS) is 22.0. The smallest absolute Gasteiger partial charge is 0.255 e. The second kappa shape index (κ2) is 9.22. The summed E-state index contributed by atoms with van der Waals surface area (Å²) >= 11 is 11.8. The lowest BCUT2D eigenvalue weighted by Crippen LogP contribution is -2.43. The molecule has 1 saturated carbocycles. The van der Waals surface area contributed by atoms with Crippen LogP contribution in [0, 0.1) is 17.7 Å². The first-order chi connectivity index (χ1) is 14.1. The molecule has 0 saturated heterocycles. The van der Waals surface area contributed by atoms with Crippen LogP contribution in [0.25, 0.3) is 0 Å². The van der Waals surface area contributed by atoms with Gasteiger partial charge in [0, 0.05) is 17.3 Å². The molecule has 30 heavy (non-hydrogen) atoms. The van der Waals surface area contributed by atoms with E-state index in [1.165, 1.54) is 18.2 Å². The Kier molecular flexibility index (Phi) is 7.07. The molecule has 1 amide bonds. The number of anilines is 1. The lowest BCUT2D eigenvalue weighted by molar-refractivity contribution is 0.102. The van der Waals surface area contributed by atoms with E-state index in [4.69, 9.17) is 23.2 Å². The van der Waals surface area contributed by atoms with Crippen LogP contribution in [0.4, 0.5) is 10.1 Å². The van der Waals surface area contributed by atoms with Gasteiger partial charge in [0.25, 0.3) is 5.91 Å². The van der Waals surface area contributed by atoms with Gasteiger partial charge in [-0.05, 0) is 54.7 Å². The van der Waals surface area contributed by atoms with Gasteiger partial charge >= 0.3 is 0 Å². The molecule has 2 aromatic carbocycles. The van der Waals surface area contributed by atoms with Gasteiger partial charge in [-0.25, -0.2) is 17.5 Å². The summed E-state index contributed by atoms with van der Waals surface area (Å²) in [7, 11) is -4.13. The van der Waals surface area contributed by atoms with Crippen LogP contribution in [-0.4, -0.2) is 20.4 Å². The molecule has 162 valence electrons. The molecular weight excluding hydrogens is 450 g/mol. The van der Waals surface area contributed by atoms with Crippen LogP contribution < -0.4 is 10.0 Å². The fourth-order valence-corrected chi connectivity index (χ4v) is 5.40. The Morgan fingerprint density at radius 1 is 1.07 bits per heavy atom. The molecule has 2 aromatic rings. The number of nitrogens with one attached hydrogen (secondary N) is 2. The van der Waals surface area contributed by atoms with Crippen LogP contribution in [-0.2, 0) is 10.0 Å². The molecule has 0 spiro atoms. The number of sulfonamides is 1. The van der Waals surface area contributed by atoms with Crippen LogP contribution >= 0.6 is 23.2 Å². The van der Waals surface area contributed by atoms with Crippen molar-refractivity contribution in [2.75, 3.05) is 5.32 Å². The number of amides is 1. The SMILES string of the molecule is C[C@@H]1[C@H](C)CCC[C@H]1NS(=O)(=O)c1cc(C(=O)Nc2ccc(Cl)c(Cl)c2)ccc1F. The highest BCUT2D eigenvalue weighted by molar-refractivity contribution is 7.89. The number of hydrogen-bond donors (Lipinski definition) is 2. The van der Waals surface area contributed by atoms with Crippen molar-refractivity contribution in [2.45, 2.75) is 44.0 Å². The van der Waals surface area contributed by atoms with E-state index in [-0.39, 0.29) is 22.5 Å². The summed E-state index contributed by atoms with van der Waals surface area (Å²) in [4.78, 5) is 12.0.